The van der Waals surface area contributed by atoms with Gasteiger partial charge < -0.3 is 9.47 Å². The van der Waals surface area contributed by atoms with Crippen molar-refractivity contribution in [3.05, 3.63) is 273 Å². The zero-order chi connectivity index (χ0) is 45.2. The van der Waals surface area contributed by atoms with Crippen LogP contribution < -0.4 is 4.90 Å². The largest absolute Gasteiger partial charge is 0.333 e. The van der Waals surface area contributed by atoms with E-state index in [2.05, 4.69) is 282 Å². The van der Waals surface area contributed by atoms with Gasteiger partial charge in [-0.3, -0.25) is 0 Å². The van der Waals surface area contributed by atoms with Crippen molar-refractivity contribution in [1.82, 2.24) is 4.57 Å². The first kappa shape index (κ1) is 40.8. The summed E-state index contributed by atoms with van der Waals surface area (Å²) in [7, 11) is 0. The summed E-state index contributed by atoms with van der Waals surface area (Å²) in [5, 5.41) is 2.58. The maximum atomic E-state index is 2.52. The van der Waals surface area contributed by atoms with Crippen LogP contribution in [0.2, 0.25) is 0 Å². The minimum atomic E-state index is 0.288. The molecule has 0 amide bonds. The Kier molecular flexibility index (Phi) is 10.7. The second-order valence-corrected chi connectivity index (χ2v) is 17.7. The van der Waals surface area contributed by atoms with Gasteiger partial charge in [-0.2, -0.15) is 0 Å². The van der Waals surface area contributed by atoms with Crippen molar-refractivity contribution >= 4 is 38.9 Å². The van der Waals surface area contributed by atoms with Gasteiger partial charge >= 0.3 is 0 Å². The van der Waals surface area contributed by atoms with Gasteiger partial charge in [-0.1, -0.05) is 212 Å². The zero-order valence-corrected chi connectivity index (χ0v) is 37.7. The van der Waals surface area contributed by atoms with Gasteiger partial charge in [-0.05, 0) is 134 Å². The SMILES string of the molecule is C1=CCC(n2c3ccc(-c4ccccc4)cc3c3cc(-c4ccc(-c5ccc(-c6ccc(-c7ccc(N(c8ccccc8)c8ccc(-c9ccccc9)cc8)cc7)cc6)cc5)cc4)ccc32)C=C1. The Labute approximate surface area is 398 Å². The van der Waals surface area contributed by atoms with Gasteiger partial charge in [0.15, 0.2) is 0 Å². The Bertz CT molecular complexity index is 3570. The summed E-state index contributed by atoms with van der Waals surface area (Å²) >= 11 is 0. The van der Waals surface area contributed by atoms with E-state index in [-0.39, 0.29) is 6.04 Å². The fourth-order valence-electron chi connectivity index (χ4n) is 9.99. The third-order valence-electron chi connectivity index (χ3n) is 13.6. The molecule has 0 saturated carbocycles. The minimum absolute atomic E-state index is 0.288. The predicted molar refractivity (Wildman–Crippen MR) is 289 cm³/mol. The summed E-state index contributed by atoms with van der Waals surface area (Å²) < 4.78 is 2.52. The molecule has 68 heavy (non-hydrogen) atoms. The number of hydrogen-bond donors (Lipinski definition) is 0. The van der Waals surface area contributed by atoms with E-state index in [1.165, 1.54) is 88.6 Å². The summed E-state index contributed by atoms with van der Waals surface area (Å²) in [5.74, 6) is 0. The monoisotopic (exact) mass is 868 g/mol. The number of allylic oxidation sites excluding steroid dienone is 4. The lowest BCUT2D eigenvalue weighted by atomic mass is 9.96. The maximum Gasteiger partial charge on any atom is 0.0560 e. The maximum absolute atomic E-state index is 2.52. The molecule has 0 fully saturated rings. The first-order valence-corrected chi connectivity index (χ1v) is 23.6. The second kappa shape index (κ2) is 17.9. The predicted octanol–water partition coefficient (Wildman–Crippen LogP) is 18.3. The van der Waals surface area contributed by atoms with Gasteiger partial charge in [0.05, 0.1) is 6.04 Å². The molecule has 0 spiro atoms. The van der Waals surface area contributed by atoms with E-state index in [0.29, 0.717) is 0 Å². The molecule has 0 saturated heterocycles. The highest BCUT2D eigenvalue weighted by molar-refractivity contribution is 6.11. The van der Waals surface area contributed by atoms with Crippen LogP contribution in [0.25, 0.3) is 88.6 Å². The van der Waals surface area contributed by atoms with Crippen molar-refractivity contribution in [3.63, 3.8) is 0 Å². The van der Waals surface area contributed by atoms with Gasteiger partial charge in [0, 0.05) is 38.9 Å². The Morgan fingerprint density at radius 1 is 0.294 bits per heavy atom. The standard InChI is InChI=1S/C66H48N2/c1-5-13-47(14-6-1)54-33-39-61(40-34-54)67(59-17-9-3-10-18-59)62-41-35-55(36-42-62)53-27-25-50(26-28-53)49-21-23-51(24-22-49)52-29-31-56(32-30-52)58-38-44-66-64(46-58)63-45-57(48-15-7-2-8-16-48)37-43-65(63)68(66)60-19-11-4-12-20-60/h1-19,21-46,60H,20H2. The molecule has 0 aliphatic heterocycles. The van der Waals surface area contributed by atoms with Crippen molar-refractivity contribution < 1.29 is 0 Å². The van der Waals surface area contributed by atoms with Crippen LogP contribution in [0.1, 0.15) is 12.5 Å². The van der Waals surface area contributed by atoms with E-state index in [0.717, 1.165) is 23.5 Å². The highest BCUT2D eigenvalue weighted by Gasteiger charge is 2.19. The Morgan fingerprint density at radius 2 is 0.603 bits per heavy atom. The molecule has 1 atom stereocenters. The molecule has 1 aliphatic rings. The smallest absolute Gasteiger partial charge is 0.0560 e. The van der Waals surface area contributed by atoms with E-state index in [9.17, 15) is 0 Å². The van der Waals surface area contributed by atoms with Gasteiger partial charge in [0.1, 0.15) is 0 Å². The Morgan fingerprint density at radius 3 is 0.985 bits per heavy atom. The van der Waals surface area contributed by atoms with Crippen molar-refractivity contribution in [2.45, 2.75) is 12.5 Å². The number of benzene rings is 10. The topological polar surface area (TPSA) is 8.17 Å². The molecule has 1 heterocycles. The minimum Gasteiger partial charge on any atom is -0.333 e. The van der Waals surface area contributed by atoms with Gasteiger partial charge in [-0.15, -0.1) is 0 Å². The van der Waals surface area contributed by atoms with Crippen LogP contribution in [0.3, 0.4) is 0 Å². The first-order valence-electron chi connectivity index (χ1n) is 23.6. The van der Waals surface area contributed by atoms with E-state index < -0.39 is 0 Å². The molecular formula is C66H48N2. The number of nitrogens with zero attached hydrogens (tertiary/aromatic N) is 2. The Balaban J connectivity index is 0.764. The normalized spacial score (nSPS) is 13.3. The summed E-state index contributed by atoms with van der Waals surface area (Å²) in [6.07, 6.45) is 9.92. The number of hydrogen-bond acceptors (Lipinski definition) is 1. The lowest BCUT2D eigenvalue weighted by Crippen LogP contribution is -2.09. The molecule has 1 unspecified atom stereocenters. The number of rotatable bonds is 10. The summed E-state index contributed by atoms with van der Waals surface area (Å²) in [6, 6.07) is 90.7. The van der Waals surface area contributed by atoms with Crippen molar-refractivity contribution in [3.8, 4) is 66.8 Å². The molecule has 1 aromatic heterocycles. The first-order chi connectivity index (χ1) is 33.7. The number of para-hydroxylation sites is 1. The van der Waals surface area contributed by atoms with Crippen molar-refractivity contribution in [2.24, 2.45) is 0 Å². The van der Waals surface area contributed by atoms with Gasteiger partial charge in [0.25, 0.3) is 0 Å². The molecule has 0 radical (unpaired) electrons. The number of aromatic nitrogens is 1. The molecule has 11 aromatic rings. The van der Waals surface area contributed by atoms with Crippen LogP contribution >= 0.6 is 0 Å². The van der Waals surface area contributed by atoms with Crippen LogP contribution in [-0.4, -0.2) is 4.57 Å². The fraction of sp³-hybridized carbons (Fsp3) is 0.0303. The van der Waals surface area contributed by atoms with E-state index in [1.807, 2.05) is 0 Å². The third-order valence-corrected chi connectivity index (χ3v) is 13.6. The molecule has 2 nitrogen and oxygen atoms in total. The average molecular weight is 869 g/mol. The third kappa shape index (κ3) is 7.93. The molecule has 10 aromatic carbocycles. The zero-order valence-electron chi connectivity index (χ0n) is 37.7. The molecule has 12 rings (SSSR count). The van der Waals surface area contributed by atoms with Gasteiger partial charge in [-0.25, -0.2) is 0 Å². The van der Waals surface area contributed by atoms with Crippen LogP contribution in [0.15, 0.2) is 273 Å². The lowest BCUT2D eigenvalue weighted by Gasteiger charge is -2.26. The molecule has 0 bridgehead atoms. The summed E-state index contributed by atoms with van der Waals surface area (Å²) in [5.41, 5.74) is 20.4. The Hall–Kier alpha value is -8.72. The van der Waals surface area contributed by atoms with E-state index >= 15 is 0 Å². The van der Waals surface area contributed by atoms with E-state index in [1.54, 1.807) is 0 Å². The highest BCUT2D eigenvalue weighted by atomic mass is 15.1. The second-order valence-electron chi connectivity index (χ2n) is 17.7. The van der Waals surface area contributed by atoms with Gasteiger partial charge in [0.2, 0.25) is 0 Å². The fourth-order valence-corrected chi connectivity index (χ4v) is 9.99. The molecular weight excluding hydrogens is 821 g/mol. The number of fused-ring (bicyclic) bond motifs is 3. The van der Waals surface area contributed by atoms with Crippen molar-refractivity contribution in [1.29, 1.82) is 0 Å². The van der Waals surface area contributed by atoms with Crippen LogP contribution in [0.5, 0.6) is 0 Å². The average Bonchev–Trinajstić information content (AvgIpc) is 3.75. The molecule has 322 valence electrons. The highest BCUT2D eigenvalue weighted by Crippen LogP contribution is 2.40. The molecule has 0 N–H and O–H groups in total. The van der Waals surface area contributed by atoms with Crippen LogP contribution in [-0.2, 0) is 0 Å². The van der Waals surface area contributed by atoms with Crippen molar-refractivity contribution in [2.75, 3.05) is 4.90 Å². The van der Waals surface area contributed by atoms with Crippen LogP contribution in [0, 0.1) is 0 Å². The summed E-state index contributed by atoms with van der Waals surface area (Å²) in [4.78, 5) is 2.31. The molecule has 1 aliphatic carbocycles. The lowest BCUT2D eigenvalue weighted by molar-refractivity contribution is 0.648. The van der Waals surface area contributed by atoms with Crippen LogP contribution in [0.4, 0.5) is 17.1 Å². The quantitative estimate of drug-likeness (QED) is 0.133. The molecule has 2 heteroatoms. The number of anilines is 3. The summed E-state index contributed by atoms with van der Waals surface area (Å²) in [6.45, 7) is 0. The van der Waals surface area contributed by atoms with E-state index in [4.69, 9.17) is 0 Å².